The average Bonchev–Trinajstić information content (AvgIpc) is 2.73. The Morgan fingerprint density at radius 1 is 0.938 bits per heavy atom. The van der Waals surface area contributed by atoms with Gasteiger partial charge in [0.25, 0.3) is 0 Å². The number of nitrogen functional groups attached to an aromatic ring is 1. The number of nitrogens with two attached hydrogens (primary N) is 1. The third-order valence-electron chi connectivity index (χ3n) is 4.38. The highest BCUT2D eigenvalue weighted by molar-refractivity contribution is 5.96. The van der Waals surface area contributed by atoms with Crippen molar-refractivity contribution >= 4 is 35.3 Å². The van der Waals surface area contributed by atoms with Gasteiger partial charge in [0.05, 0.1) is 19.6 Å². The number of nitrogens with one attached hydrogen (secondary N) is 3. The molecule has 176 valence electrons. The van der Waals surface area contributed by atoms with Crippen molar-refractivity contribution in [3.05, 3.63) is 29.8 Å². The smallest absolute Gasteiger partial charge is 0.307 e. The summed E-state index contributed by atoms with van der Waals surface area (Å²) >= 11 is 0. The highest BCUT2D eigenvalue weighted by Crippen LogP contribution is 2.11. The maximum atomic E-state index is 12.3. The average molecular weight is 449 g/mol. The van der Waals surface area contributed by atoms with Gasteiger partial charge in [-0.15, -0.1) is 0 Å². The Morgan fingerprint density at radius 3 is 2.12 bits per heavy atom. The van der Waals surface area contributed by atoms with Gasteiger partial charge in [-0.3, -0.25) is 24.6 Å². The van der Waals surface area contributed by atoms with Crippen LogP contribution in [0.3, 0.4) is 0 Å². The Morgan fingerprint density at radius 2 is 1.53 bits per heavy atom. The lowest BCUT2D eigenvalue weighted by molar-refractivity contribution is -0.144. The molecular weight excluding hydrogens is 416 g/mol. The highest BCUT2D eigenvalue weighted by atomic mass is 16.5. The predicted octanol–water partition coefficient (Wildman–Crippen LogP) is 1.86. The van der Waals surface area contributed by atoms with E-state index in [1.807, 2.05) is 0 Å². The molecule has 1 atom stereocenters. The molecule has 0 spiro atoms. The van der Waals surface area contributed by atoms with Crippen LogP contribution in [-0.4, -0.2) is 48.8 Å². The van der Waals surface area contributed by atoms with Crippen molar-refractivity contribution in [3.63, 3.8) is 0 Å². The van der Waals surface area contributed by atoms with E-state index in [1.165, 1.54) is 0 Å². The molecule has 1 rings (SSSR count). The Labute approximate surface area is 187 Å². The lowest BCUT2D eigenvalue weighted by Crippen LogP contribution is -2.37. The van der Waals surface area contributed by atoms with E-state index >= 15 is 0 Å². The Hall–Kier alpha value is -3.43. The van der Waals surface area contributed by atoms with Crippen LogP contribution >= 0.6 is 0 Å². The van der Waals surface area contributed by atoms with Gasteiger partial charge < -0.3 is 25.8 Å². The number of amidine groups is 1. The second-order valence-electron chi connectivity index (χ2n) is 7.01. The number of hydrogen-bond acceptors (Lipinski definition) is 7. The first-order valence-electron chi connectivity index (χ1n) is 10.6. The molecule has 0 aliphatic carbocycles. The van der Waals surface area contributed by atoms with Gasteiger partial charge in [0.1, 0.15) is 5.84 Å². The van der Waals surface area contributed by atoms with Crippen LogP contribution in [0.15, 0.2) is 24.3 Å². The molecule has 0 aromatic heterocycles. The van der Waals surface area contributed by atoms with E-state index in [4.69, 9.17) is 20.6 Å². The molecule has 1 unspecified atom stereocenters. The largest absolute Gasteiger partial charge is 0.466 e. The normalized spacial score (nSPS) is 11.2. The minimum absolute atomic E-state index is 0.0168. The van der Waals surface area contributed by atoms with Crippen LogP contribution in [-0.2, 0) is 28.7 Å². The summed E-state index contributed by atoms with van der Waals surface area (Å²) < 4.78 is 9.82. The van der Waals surface area contributed by atoms with E-state index < -0.39 is 12.0 Å². The molecule has 0 aliphatic rings. The van der Waals surface area contributed by atoms with Crippen LogP contribution in [0.1, 0.15) is 57.9 Å². The molecule has 10 nitrogen and oxygen atoms in total. The molecule has 2 amide bonds. The summed E-state index contributed by atoms with van der Waals surface area (Å²) in [4.78, 5) is 47.7. The number of carbonyl (C=O) groups excluding carboxylic acids is 4. The molecule has 0 fully saturated rings. The van der Waals surface area contributed by atoms with E-state index in [0.29, 0.717) is 30.7 Å². The topological polar surface area (TPSA) is 161 Å². The predicted molar refractivity (Wildman–Crippen MR) is 119 cm³/mol. The molecular formula is C22H32N4O6. The van der Waals surface area contributed by atoms with Crippen LogP contribution in [0, 0.1) is 5.41 Å². The molecule has 0 saturated heterocycles. The Balaban J connectivity index is 2.50. The minimum Gasteiger partial charge on any atom is -0.466 e. The zero-order valence-corrected chi connectivity index (χ0v) is 18.6. The quantitative estimate of drug-likeness (QED) is 0.192. The fraction of sp³-hybridized carbons (Fsp3) is 0.500. The van der Waals surface area contributed by atoms with Gasteiger partial charge in [-0.2, -0.15) is 0 Å². The van der Waals surface area contributed by atoms with Crippen molar-refractivity contribution in [1.29, 1.82) is 5.41 Å². The lowest BCUT2D eigenvalue weighted by atomic mass is 10.1. The van der Waals surface area contributed by atoms with E-state index in [2.05, 4.69) is 10.6 Å². The summed E-state index contributed by atoms with van der Waals surface area (Å²) in [5.74, 6) is -1.57. The summed E-state index contributed by atoms with van der Waals surface area (Å²) in [6.45, 7) is 3.94. The number of carbonyl (C=O) groups is 4. The van der Waals surface area contributed by atoms with E-state index in [-0.39, 0.29) is 55.9 Å². The van der Waals surface area contributed by atoms with E-state index in [9.17, 15) is 19.2 Å². The second-order valence-corrected chi connectivity index (χ2v) is 7.01. The Bertz CT molecular complexity index is 794. The first-order chi connectivity index (χ1) is 15.2. The zero-order valence-electron chi connectivity index (χ0n) is 18.6. The Kier molecular flexibility index (Phi) is 12.1. The maximum Gasteiger partial charge on any atom is 0.307 e. The third kappa shape index (κ3) is 11.1. The third-order valence-corrected chi connectivity index (χ3v) is 4.38. The molecule has 0 aliphatic heterocycles. The summed E-state index contributed by atoms with van der Waals surface area (Å²) in [5.41, 5.74) is 6.46. The number of ether oxygens (including phenoxy) is 2. The molecule has 5 N–H and O–H groups in total. The van der Waals surface area contributed by atoms with Crippen LogP contribution in [0.5, 0.6) is 0 Å². The van der Waals surface area contributed by atoms with Crippen molar-refractivity contribution in [2.75, 3.05) is 18.5 Å². The fourth-order valence-corrected chi connectivity index (χ4v) is 2.86. The fourth-order valence-electron chi connectivity index (χ4n) is 2.86. The van der Waals surface area contributed by atoms with Gasteiger partial charge in [0.2, 0.25) is 11.8 Å². The molecule has 1 aromatic carbocycles. The first-order valence-corrected chi connectivity index (χ1v) is 10.6. The maximum absolute atomic E-state index is 12.3. The molecule has 10 heteroatoms. The highest BCUT2D eigenvalue weighted by Gasteiger charge is 2.18. The number of amides is 2. The van der Waals surface area contributed by atoms with Crippen LogP contribution in [0.2, 0.25) is 0 Å². The number of esters is 2. The standard InChI is InChI=1S/C22H32N4O6/c1-3-31-20(29)7-5-6-17(14-21(30)32-4-2)26-19(28)13-12-18(27)25-16-10-8-15(9-11-16)22(23)24/h8-11,17H,3-7,12-14H2,1-2H3,(H3,23,24)(H,25,27)(H,26,28). The van der Waals surface area contributed by atoms with Crippen LogP contribution in [0.4, 0.5) is 5.69 Å². The summed E-state index contributed by atoms with van der Waals surface area (Å²) in [7, 11) is 0. The van der Waals surface area contributed by atoms with Gasteiger partial charge >= 0.3 is 11.9 Å². The lowest BCUT2D eigenvalue weighted by Gasteiger charge is -2.18. The number of anilines is 1. The van der Waals surface area contributed by atoms with Crippen LogP contribution < -0.4 is 16.4 Å². The van der Waals surface area contributed by atoms with E-state index in [1.54, 1.807) is 38.1 Å². The molecule has 0 saturated carbocycles. The number of benzene rings is 1. The summed E-state index contributed by atoms with van der Waals surface area (Å²) in [5, 5.41) is 12.8. The van der Waals surface area contributed by atoms with Crippen molar-refractivity contribution in [2.24, 2.45) is 5.73 Å². The SMILES string of the molecule is CCOC(=O)CCCC(CC(=O)OCC)NC(=O)CCC(=O)Nc1ccc(C(=N)N)cc1. The number of hydrogen-bond donors (Lipinski definition) is 4. The molecule has 0 radical (unpaired) electrons. The zero-order chi connectivity index (χ0) is 23.9. The van der Waals surface area contributed by atoms with Crippen LogP contribution in [0.25, 0.3) is 0 Å². The van der Waals surface area contributed by atoms with Gasteiger partial charge in [0.15, 0.2) is 0 Å². The molecule has 0 heterocycles. The molecule has 32 heavy (non-hydrogen) atoms. The van der Waals surface area contributed by atoms with Gasteiger partial charge in [0, 0.05) is 36.6 Å². The number of rotatable bonds is 14. The second kappa shape index (κ2) is 14.6. The van der Waals surface area contributed by atoms with Crippen molar-refractivity contribution < 1.29 is 28.7 Å². The van der Waals surface area contributed by atoms with Crippen molar-refractivity contribution in [3.8, 4) is 0 Å². The van der Waals surface area contributed by atoms with E-state index in [0.717, 1.165) is 0 Å². The minimum atomic E-state index is -0.502. The van der Waals surface area contributed by atoms with Crippen molar-refractivity contribution in [2.45, 2.75) is 58.4 Å². The molecule has 1 aromatic rings. The summed E-state index contributed by atoms with van der Waals surface area (Å²) in [6, 6.07) is 5.96. The van der Waals surface area contributed by atoms with Gasteiger partial charge in [-0.05, 0) is 51.0 Å². The van der Waals surface area contributed by atoms with Gasteiger partial charge in [-0.25, -0.2) is 0 Å². The van der Waals surface area contributed by atoms with Crippen molar-refractivity contribution in [1.82, 2.24) is 5.32 Å². The van der Waals surface area contributed by atoms with Gasteiger partial charge in [-0.1, -0.05) is 0 Å². The summed E-state index contributed by atoms with van der Waals surface area (Å²) in [6.07, 6.45) is 0.909. The monoisotopic (exact) mass is 448 g/mol. The molecule has 0 bridgehead atoms. The first kappa shape index (κ1) is 26.6.